The molecule has 2 aliphatic rings. The van der Waals surface area contributed by atoms with Gasteiger partial charge in [-0.2, -0.15) is 0 Å². The minimum Gasteiger partial charge on any atom is -0.456 e. The summed E-state index contributed by atoms with van der Waals surface area (Å²) in [5.41, 5.74) is 17.2. The molecule has 0 amide bonds. The van der Waals surface area contributed by atoms with Gasteiger partial charge < -0.3 is 8.98 Å². The SMILES string of the molecule is c1ccc(-c2nc(-c3ccc4oc5ccccc5c4c3)nc(-c3ccc4c5c3-c3ccccc3C(C5)c3cccc5c3c3c-4cccc3n5-c3ccccc3)n2)cc1. The first-order chi connectivity index (χ1) is 28.8. The average Bonchev–Trinajstić information content (AvgIpc) is 3.84. The monoisotopic (exact) mass is 740 g/mol. The average molecular weight is 741 g/mol. The van der Waals surface area contributed by atoms with Crippen LogP contribution in [0.3, 0.4) is 0 Å². The maximum absolute atomic E-state index is 6.20. The molecule has 11 aromatic rings. The summed E-state index contributed by atoms with van der Waals surface area (Å²) in [6, 6.07) is 62.7. The van der Waals surface area contributed by atoms with E-state index in [4.69, 9.17) is 19.4 Å². The molecule has 0 spiro atoms. The van der Waals surface area contributed by atoms with Crippen LogP contribution in [0.15, 0.2) is 180 Å². The highest BCUT2D eigenvalue weighted by Crippen LogP contribution is 2.54. The summed E-state index contributed by atoms with van der Waals surface area (Å²) in [6.45, 7) is 0. The van der Waals surface area contributed by atoms with Crippen molar-refractivity contribution in [1.82, 2.24) is 19.5 Å². The molecule has 0 N–H and O–H groups in total. The Kier molecular flexibility index (Phi) is 6.50. The van der Waals surface area contributed by atoms with Crippen molar-refractivity contribution in [2.75, 3.05) is 0 Å². The number of hydrogen-bond donors (Lipinski definition) is 0. The van der Waals surface area contributed by atoms with Gasteiger partial charge in [-0.05, 0) is 100.0 Å². The van der Waals surface area contributed by atoms with Crippen LogP contribution in [0.1, 0.15) is 22.6 Å². The van der Waals surface area contributed by atoms with Crippen LogP contribution in [0.25, 0.3) is 106 Å². The molecule has 1 unspecified atom stereocenters. The molecule has 3 heterocycles. The zero-order chi connectivity index (χ0) is 37.9. The van der Waals surface area contributed by atoms with Gasteiger partial charge in [0.1, 0.15) is 11.2 Å². The van der Waals surface area contributed by atoms with Crippen LogP contribution in [-0.4, -0.2) is 19.5 Å². The lowest BCUT2D eigenvalue weighted by Gasteiger charge is -2.33. The molecule has 0 radical (unpaired) electrons. The van der Waals surface area contributed by atoms with Crippen molar-refractivity contribution in [3.63, 3.8) is 0 Å². The van der Waals surface area contributed by atoms with Crippen molar-refractivity contribution in [2.24, 2.45) is 0 Å². The Hall–Kier alpha value is -7.63. The molecule has 5 nitrogen and oxygen atoms in total. The van der Waals surface area contributed by atoms with Gasteiger partial charge in [0.25, 0.3) is 0 Å². The molecule has 2 aliphatic carbocycles. The van der Waals surface area contributed by atoms with Crippen LogP contribution in [0.5, 0.6) is 0 Å². The minimum atomic E-state index is 0.176. The second-order valence-electron chi connectivity index (χ2n) is 15.5. The van der Waals surface area contributed by atoms with Crippen molar-refractivity contribution < 1.29 is 4.42 Å². The Morgan fingerprint density at radius 1 is 0.448 bits per heavy atom. The van der Waals surface area contributed by atoms with Crippen molar-refractivity contribution in [3.8, 4) is 62.1 Å². The molecule has 1 atom stereocenters. The number of rotatable bonds is 4. The first-order valence-electron chi connectivity index (χ1n) is 19.9. The molecule has 0 aliphatic heterocycles. The van der Waals surface area contributed by atoms with Gasteiger partial charge in [-0.25, -0.2) is 15.0 Å². The quantitative estimate of drug-likeness (QED) is 0.180. The second kappa shape index (κ2) is 11.9. The Balaban J connectivity index is 1.10. The summed E-state index contributed by atoms with van der Waals surface area (Å²) in [7, 11) is 0. The van der Waals surface area contributed by atoms with E-state index in [1.165, 1.54) is 66.4 Å². The van der Waals surface area contributed by atoms with Crippen LogP contribution in [0.2, 0.25) is 0 Å². The zero-order valence-electron chi connectivity index (χ0n) is 31.2. The number of para-hydroxylation sites is 2. The molecule has 8 aromatic carbocycles. The van der Waals surface area contributed by atoms with Crippen molar-refractivity contribution >= 4 is 43.7 Å². The number of fused-ring (bicyclic) bond motifs is 5. The number of hydrogen-bond acceptors (Lipinski definition) is 4. The number of furan rings is 1. The van der Waals surface area contributed by atoms with Gasteiger partial charge in [-0.15, -0.1) is 0 Å². The maximum Gasteiger partial charge on any atom is 0.164 e. The number of aromatic nitrogens is 4. The highest BCUT2D eigenvalue weighted by molar-refractivity contribution is 6.18. The fraction of sp³-hybridized carbons (Fsp3) is 0.0377. The van der Waals surface area contributed by atoms with Crippen molar-refractivity contribution in [1.29, 1.82) is 0 Å². The summed E-state index contributed by atoms with van der Waals surface area (Å²) in [5, 5.41) is 4.75. The lowest BCUT2D eigenvalue weighted by atomic mass is 9.70. The molecule has 58 heavy (non-hydrogen) atoms. The van der Waals surface area contributed by atoms with E-state index in [0.717, 1.165) is 45.0 Å². The molecule has 3 aromatic heterocycles. The predicted molar refractivity (Wildman–Crippen MR) is 234 cm³/mol. The topological polar surface area (TPSA) is 56.7 Å². The van der Waals surface area contributed by atoms with Gasteiger partial charge in [0, 0.05) is 49.8 Å². The molecule has 13 rings (SSSR count). The molecule has 4 bridgehead atoms. The predicted octanol–water partition coefficient (Wildman–Crippen LogP) is 13.2. The fourth-order valence-electron chi connectivity index (χ4n) is 9.94. The number of benzene rings is 8. The van der Waals surface area contributed by atoms with Gasteiger partial charge in [0.15, 0.2) is 17.5 Å². The lowest BCUT2D eigenvalue weighted by molar-refractivity contribution is 0.669. The van der Waals surface area contributed by atoms with E-state index in [9.17, 15) is 0 Å². The molecular formula is C53H32N4O. The first kappa shape index (κ1) is 31.6. The van der Waals surface area contributed by atoms with Crippen molar-refractivity contribution in [3.05, 3.63) is 193 Å². The molecule has 270 valence electrons. The largest absolute Gasteiger partial charge is 0.456 e. The van der Waals surface area contributed by atoms with Crippen LogP contribution >= 0.6 is 0 Å². The summed E-state index contributed by atoms with van der Waals surface area (Å²) >= 11 is 0. The summed E-state index contributed by atoms with van der Waals surface area (Å²) in [4.78, 5) is 15.8. The smallest absolute Gasteiger partial charge is 0.164 e. The number of nitrogens with zero attached hydrogens (tertiary/aromatic N) is 4. The summed E-state index contributed by atoms with van der Waals surface area (Å²) in [6.07, 6.45) is 0.870. The van der Waals surface area contributed by atoms with Crippen LogP contribution in [0, 0.1) is 0 Å². The molecule has 0 saturated carbocycles. The Morgan fingerprint density at radius 2 is 1.10 bits per heavy atom. The zero-order valence-corrected chi connectivity index (χ0v) is 31.2. The normalized spacial score (nSPS) is 14.0. The van der Waals surface area contributed by atoms with E-state index in [2.05, 4.69) is 138 Å². The van der Waals surface area contributed by atoms with Gasteiger partial charge in [0.05, 0.1) is 11.0 Å². The van der Waals surface area contributed by atoms with Crippen LogP contribution < -0.4 is 0 Å². The lowest BCUT2D eigenvalue weighted by Crippen LogP contribution is -2.16. The van der Waals surface area contributed by atoms with Crippen LogP contribution in [0.4, 0.5) is 0 Å². The van der Waals surface area contributed by atoms with Crippen molar-refractivity contribution in [2.45, 2.75) is 12.3 Å². The molecule has 5 heteroatoms. The third-order valence-electron chi connectivity index (χ3n) is 12.4. The van der Waals surface area contributed by atoms with E-state index in [1.54, 1.807) is 0 Å². The summed E-state index contributed by atoms with van der Waals surface area (Å²) in [5.74, 6) is 2.10. The van der Waals surface area contributed by atoms with E-state index in [-0.39, 0.29) is 5.92 Å². The first-order valence-corrected chi connectivity index (χ1v) is 19.9. The van der Waals surface area contributed by atoms with E-state index in [0.29, 0.717) is 17.5 Å². The minimum absolute atomic E-state index is 0.176. The molecule has 0 fully saturated rings. The fourth-order valence-corrected chi connectivity index (χ4v) is 9.94. The Morgan fingerprint density at radius 3 is 1.98 bits per heavy atom. The van der Waals surface area contributed by atoms with Gasteiger partial charge >= 0.3 is 0 Å². The molecular weight excluding hydrogens is 709 g/mol. The maximum atomic E-state index is 6.20. The van der Waals surface area contributed by atoms with Gasteiger partial charge in [-0.1, -0.05) is 121 Å². The Bertz CT molecular complexity index is 3490. The third-order valence-corrected chi connectivity index (χ3v) is 12.4. The highest BCUT2D eigenvalue weighted by atomic mass is 16.3. The van der Waals surface area contributed by atoms with Gasteiger partial charge in [-0.3, -0.25) is 0 Å². The van der Waals surface area contributed by atoms with E-state index < -0.39 is 0 Å². The summed E-state index contributed by atoms with van der Waals surface area (Å²) < 4.78 is 8.64. The van der Waals surface area contributed by atoms with Crippen LogP contribution in [-0.2, 0) is 6.42 Å². The highest BCUT2D eigenvalue weighted by Gasteiger charge is 2.35. The third kappa shape index (κ3) is 4.44. The van der Waals surface area contributed by atoms with Gasteiger partial charge in [0.2, 0.25) is 0 Å². The molecule has 0 saturated heterocycles. The van der Waals surface area contributed by atoms with E-state index >= 15 is 0 Å². The Labute approximate surface area is 333 Å². The second-order valence-corrected chi connectivity index (χ2v) is 15.5. The van der Waals surface area contributed by atoms with E-state index in [1.807, 2.05) is 42.5 Å². The standard InChI is InChI=1S/C53H32N4O/c1-3-13-31(14-4-1)51-54-52(32-25-28-47-42(29-32)36-18-9-10-24-46(36)58-47)56-53(55-51)40-27-26-35-38-20-11-22-44-49(38)50-39(21-12-23-45(50)57(44)33-15-5-2-6-16-33)41-30-43(35)48(40)37-19-8-7-17-34(37)41/h1-29,41H,30H2.